The van der Waals surface area contributed by atoms with E-state index in [0.29, 0.717) is 17.1 Å². The van der Waals surface area contributed by atoms with Gasteiger partial charge in [0, 0.05) is 0 Å². The lowest BCUT2D eigenvalue weighted by atomic mass is 10.2. The maximum absolute atomic E-state index is 12.6. The number of aromatic nitrogens is 4. The molecule has 0 aliphatic heterocycles. The molecule has 124 valence electrons. The van der Waals surface area contributed by atoms with E-state index in [9.17, 15) is 4.79 Å². The van der Waals surface area contributed by atoms with Gasteiger partial charge in [0.2, 0.25) is 5.13 Å². The molecule has 3 rings (SSSR count). The lowest BCUT2D eigenvalue weighted by molar-refractivity contribution is 0.102. The van der Waals surface area contributed by atoms with Crippen LogP contribution in [0.2, 0.25) is 0 Å². The zero-order valence-corrected chi connectivity index (χ0v) is 14.7. The SMILES string of the molecule is CCc1nnc(NC(=O)c2cnn(-c3ccc(C)cc3)c2CC)s1. The zero-order chi connectivity index (χ0) is 17.1. The summed E-state index contributed by atoms with van der Waals surface area (Å²) in [6, 6.07) is 8.07. The number of anilines is 1. The molecule has 0 atom stereocenters. The van der Waals surface area contributed by atoms with E-state index in [1.807, 2.05) is 49.7 Å². The molecule has 1 aromatic carbocycles. The maximum Gasteiger partial charge on any atom is 0.260 e. The highest BCUT2D eigenvalue weighted by atomic mass is 32.1. The third-order valence-electron chi connectivity index (χ3n) is 3.72. The van der Waals surface area contributed by atoms with Crippen LogP contribution in [0.4, 0.5) is 5.13 Å². The normalized spacial score (nSPS) is 10.8. The van der Waals surface area contributed by atoms with Crippen LogP contribution < -0.4 is 5.32 Å². The molecule has 0 radical (unpaired) electrons. The molecule has 0 aliphatic rings. The Kier molecular flexibility index (Phi) is 4.71. The molecule has 7 heteroatoms. The number of hydrogen-bond acceptors (Lipinski definition) is 5. The molecule has 2 heterocycles. The first-order valence-corrected chi connectivity index (χ1v) is 8.71. The van der Waals surface area contributed by atoms with Crippen molar-refractivity contribution < 1.29 is 4.79 Å². The van der Waals surface area contributed by atoms with Gasteiger partial charge in [-0.3, -0.25) is 10.1 Å². The molecule has 0 unspecified atom stereocenters. The van der Waals surface area contributed by atoms with Crippen LogP contribution in [-0.2, 0) is 12.8 Å². The second-order valence-corrected chi connectivity index (χ2v) is 6.48. The molecule has 1 N–H and O–H groups in total. The fourth-order valence-corrected chi connectivity index (χ4v) is 3.10. The number of carbonyl (C=O) groups excluding carboxylic acids is 1. The molecule has 0 fully saturated rings. The second-order valence-electron chi connectivity index (χ2n) is 5.41. The molecular formula is C17H19N5OS. The van der Waals surface area contributed by atoms with Crippen LogP contribution in [0.3, 0.4) is 0 Å². The highest BCUT2D eigenvalue weighted by Crippen LogP contribution is 2.20. The van der Waals surface area contributed by atoms with Crippen molar-refractivity contribution >= 4 is 22.4 Å². The van der Waals surface area contributed by atoms with Crippen molar-refractivity contribution in [1.82, 2.24) is 20.0 Å². The van der Waals surface area contributed by atoms with Gasteiger partial charge < -0.3 is 0 Å². The van der Waals surface area contributed by atoms with Crippen molar-refractivity contribution in [2.45, 2.75) is 33.6 Å². The Bertz CT molecular complexity index is 850. The summed E-state index contributed by atoms with van der Waals surface area (Å²) in [5.41, 5.74) is 3.56. The van der Waals surface area contributed by atoms with Gasteiger partial charge in [0.15, 0.2) is 0 Å². The Hall–Kier alpha value is -2.54. The van der Waals surface area contributed by atoms with E-state index in [4.69, 9.17) is 0 Å². The van der Waals surface area contributed by atoms with Crippen LogP contribution in [-0.4, -0.2) is 25.9 Å². The van der Waals surface area contributed by atoms with Gasteiger partial charge >= 0.3 is 0 Å². The zero-order valence-electron chi connectivity index (χ0n) is 13.9. The minimum absolute atomic E-state index is 0.205. The van der Waals surface area contributed by atoms with Gasteiger partial charge in [-0.05, 0) is 31.9 Å². The van der Waals surface area contributed by atoms with E-state index in [0.717, 1.165) is 22.8 Å². The fraction of sp³-hybridized carbons (Fsp3) is 0.294. The number of amides is 1. The first-order valence-electron chi connectivity index (χ1n) is 7.90. The van der Waals surface area contributed by atoms with Gasteiger partial charge in [-0.15, -0.1) is 10.2 Å². The lowest BCUT2D eigenvalue weighted by Gasteiger charge is -2.08. The summed E-state index contributed by atoms with van der Waals surface area (Å²) >= 11 is 1.39. The monoisotopic (exact) mass is 341 g/mol. The van der Waals surface area contributed by atoms with E-state index < -0.39 is 0 Å². The Morgan fingerprint density at radius 2 is 1.92 bits per heavy atom. The van der Waals surface area contributed by atoms with E-state index in [2.05, 4.69) is 20.6 Å². The lowest BCUT2D eigenvalue weighted by Crippen LogP contribution is -2.14. The molecular weight excluding hydrogens is 322 g/mol. The van der Waals surface area contributed by atoms with Gasteiger partial charge in [-0.2, -0.15) is 5.10 Å². The van der Waals surface area contributed by atoms with Gasteiger partial charge in [0.25, 0.3) is 5.91 Å². The van der Waals surface area contributed by atoms with Crippen LogP contribution in [0.1, 0.15) is 40.5 Å². The average Bonchev–Trinajstić information content (AvgIpc) is 3.21. The summed E-state index contributed by atoms with van der Waals surface area (Å²) in [5, 5.41) is 16.6. The van der Waals surface area contributed by atoms with Crippen molar-refractivity contribution in [3.05, 3.63) is 52.3 Å². The molecule has 0 saturated carbocycles. The van der Waals surface area contributed by atoms with Gasteiger partial charge in [0.1, 0.15) is 5.01 Å². The fourth-order valence-electron chi connectivity index (χ4n) is 2.42. The van der Waals surface area contributed by atoms with E-state index in [1.165, 1.54) is 16.9 Å². The highest BCUT2D eigenvalue weighted by molar-refractivity contribution is 7.15. The topological polar surface area (TPSA) is 72.7 Å². The Balaban J connectivity index is 1.88. The first kappa shape index (κ1) is 16.3. The number of nitrogens with zero attached hydrogens (tertiary/aromatic N) is 4. The van der Waals surface area contributed by atoms with Crippen molar-refractivity contribution in [3.63, 3.8) is 0 Å². The molecule has 2 aromatic heterocycles. The van der Waals surface area contributed by atoms with E-state index in [-0.39, 0.29) is 5.91 Å². The van der Waals surface area contributed by atoms with Crippen LogP contribution in [0.15, 0.2) is 30.5 Å². The molecule has 0 saturated heterocycles. The molecule has 0 spiro atoms. The smallest absolute Gasteiger partial charge is 0.260 e. The standard InChI is InChI=1S/C17H19N5OS/c1-4-14-13(16(23)19-17-21-20-15(5-2)24-17)10-18-22(14)12-8-6-11(3)7-9-12/h6-10H,4-5H2,1-3H3,(H,19,21,23). The predicted octanol–water partition coefficient (Wildman–Crippen LogP) is 3.41. The number of hydrogen-bond donors (Lipinski definition) is 1. The summed E-state index contributed by atoms with van der Waals surface area (Å²) in [4.78, 5) is 12.6. The predicted molar refractivity (Wildman–Crippen MR) is 94.9 cm³/mol. The Morgan fingerprint density at radius 1 is 1.17 bits per heavy atom. The minimum atomic E-state index is -0.205. The quantitative estimate of drug-likeness (QED) is 0.772. The molecule has 3 aromatic rings. The van der Waals surface area contributed by atoms with Crippen molar-refractivity contribution in [1.29, 1.82) is 0 Å². The molecule has 0 aliphatic carbocycles. The molecule has 0 bridgehead atoms. The molecule has 1 amide bonds. The largest absolute Gasteiger partial charge is 0.296 e. The molecule has 24 heavy (non-hydrogen) atoms. The molecule has 6 nitrogen and oxygen atoms in total. The van der Waals surface area contributed by atoms with Crippen LogP contribution in [0.25, 0.3) is 5.69 Å². The third kappa shape index (κ3) is 3.21. The Morgan fingerprint density at radius 3 is 2.54 bits per heavy atom. The van der Waals surface area contributed by atoms with Crippen LogP contribution >= 0.6 is 11.3 Å². The van der Waals surface area contributed by atoms with E-state index in [1.54, 1.807) is 6.20 Å². The van der Waals surface area contributed by atoms with Gasteiger partial charge in [-0.1, -0.05) is 42.9 Å². The number of nitrogens with one attached hydrogen (secondary N) is 1. The third-order valence-corrected chi connectivity index (χ3v) is 4.70. The van der Waals surface area contributed by atoms with Crippen molar-refractivity contribution in [2.75, 3.05) is 5.32 Å². The highest BCUT2D eigenvalue weighted by Gasteiger charge is 2.18. The number of benzene rings is 1. The van der Waals surface area contributed by atoms with Crippen LogP contribution in [0, 0.1) is 6.92 Å². The number of rotatable bonds is 5. The van der Waals surface area contributed by atoms with Crippen molar-refractivity contribution in [3.8, 4) is 5.69 Å². The summed E-state index contributed by atoms with van der Waals surface area (Å²) in [6.07, 6.45) is 3.11. The van der Waals surface area contributed by atoms with Crippen molar-refractivity contribution in [2.24, 2.45) is 0 Å². The van der Waals surface area contributed by atoms with Gasteiger partial charge in [0.05, 0.1) is 23.1 Å². The average molecular weight is 341 g/mol. The maximum atomic E-state index is 12.6. The van der Waals surface area contributed by atoms with Gasteiger partial charge in [-0.25, -0.2) is 4.68 Å². The second kappa shape index (κ2) is 6.92. The first-order chi connectivity index (χ1) is 11.6. The summed E-state index contributed by atoms with van der Waals surface area (Å²) < 4.78 is 1.81. The Labute approximate surface area is 144 Å². The number of aryl methyl sites for hydroxylation is 2. The summed E-state index contributed by atoms with van der Waals surface area (Å²) in [7, 11) is 0. The van der Waals surface area contributed by atoms with E-state index >= 15 is 0 Å². The van der Waals surface area contributed by atoms with Crippen LogP contribution in [0.5, 0.6) is 0 Å². The minimum Gasteiger partial charge on any atom is -0.296 e. The summed E-state index contributed by atoms with van der Waals surface area (Å²) in [5.74, 6) is -0.205. The summed E-state index contributed by atoms with van der Waals surface area (Å²) in [6.45, 7) is 6.06. The number of carbonyl (C=O) groups is 1.